The van der Waals surface area contributed by atoms with Crippen LogP contribution >= 0.6 is 11.3 Å². The maximum atomic E-state index is 10.2. The molecule has 0 saturated carbocycles. The summed E-state index contributed by atoms with van der Waals surface area (Å²) < 4.78 is 0. The van der Waals surface area contributed by atoms with E-state index in [1.54, 1.807) is 11.3 Å². The zero-order chi connectivity index (χ0) is 14.3. The maximum absolute atomic E-state index is 10.2. The Labute approximate surface area is 122 Å². The molecule has 3 N–H and O–H groups in total. The summed E-state index contributed by atoms with van der Waals surface area (Å²) in [6.07, 6.45) is 2.54. The number of rotatable bonds is 1. The van der Waals surface area contributed by atoms with Crippen LogP contribution in [0.1, 0.15) is 31.1 Å². The second kappa shape index (κ2) is 4.86. The van der Waals surface area contributed by atoms with Crippen LogP contribution in [0.5, 0.6) is 0 Å². The molecule has 1 fully saturated rings. The van der Waals surface area contributed by atoms with Crippen LogP contribution in [0.4, 0.5) is 11.8 Å². The predicted molar refractivity (Wildman–Crippen MR) is 83.3 cm³/mol. The van der Waals surface area contributed by atoms with Crippen LogP contribution < -0.4 is 10.6 Å². The fraction of sp³-hybridized carbons (Fsp3) is 0.571. The number of aryl methyl sites for hydroxylation is 1. The van der Waals surface area contributed by atoms with Gasteiger partial charge in [-0.25, -0.2) is 4.98 Å². The Hall–Kier alpha value is -1.40. The first-order valence-corrected chi connectivity index (χ1v) is 7.77. The van der Waals surface area contributed by atoms with Crippen molar-refractivity contribution >= 4 is 33.3 Å². The largest absolute Gasteiger partial charge is 0.390 e. The Morgan fingerprint density at radius 1 is 1.35 bits per heavy atom. The Kier molecular flexibility index (Phi) is 3.30. The van der Waals surface area contributed by atoms with Crippen molar-refractivity contribution in [2.24, 2.45) is 0 Å². The summed E-state index contributed by atoms with van der Waals surface area (Å²) >= 11 is 1.64. The molecular weight excluding hydrogens is 272 g/mol. The van der Waals surface area contributed by atoms with E-state index in [-0.39, 0.29) is 0 Å². The smallest absolute Gasteiger partial charge is 0.223 e. The number of aromatic nitrogens is 2. The highest BCUT2D eigenvalue weighted by Crippen LogP contribution is 2.33. The van der Waals surface area contributed by atoms with Crippen LogP contribution in [-0.4, -0.2) is 33.8 Å². The number of hydrogen-bond donors (Lipinski definition) is 2. The van der Waals surface area contributed by atoms with Crippen molar-refractivity contribution < 1.29 is 5.11 Å². The van der Waals surface area contributed by atoms with Crippen molar-refractivity contribution in [1.29, 1.82) is 0 Å². The highest BCUT2D eigenvalue weighted by atomic mass is 32.1. The van der Waals surface area contributed by atoms with Crippen LogP contribution in [-0.2, 0) is 0 Å². The van der Waals surface area contributed by atoms with Crippen molar-refractivity contribution in [2.45, 2.75) is 38.7 Å². The number of fused-ring (bicyclic) bond motifs is 1. The summed E-state index contributed by atoms with van der Waals surface area (Å²) in [5.74, 6) is 1.24. The van der Waals surface area contributed by atoms with Crippen LogP contribution in [0.15, 0.2) is 6.07 Å². The summed E-state index contributed by atoms with van der Waals surface area (Å²) in [6.45, 7) is 5.68. The van der Waals surface area contributed by atoms with Gasteiger partial charge in [-0.15, -0.1) is 11.3 Å². The molecule has 1 aliphatic heterocycles. The minimum atomic E-state index is -0.572. The zero-order valence-corrected chi connectivity index (χ0v) is 12.7. The molecule has 1 atom stereocenters. The Balaban J connectivity index is 2.00. The molecule has 3 heterocycles. The maximum Gasteiger partial charge on any atom is 0.223 e. The van der Waals surface area contributed by atoms with Gasteiger partial charge in [-0.3, -0.25) is 0 Å². The fourth-order valence-electron chi connectivity index (χ4n) is 2.76. The fourth-order valence-corrected chi connectivity index (χ4v) is 3.64. The van der Waals surface area contributed by atoms with E-state index >= 15 is 0 Å². The van der Waals surface area contributed by atoms with Crippen molar-refractivity contribution in [2.75, 3.05) is 23.7 Å². The molecule has 2 aromatic heterocycles. The summed E-state index contributed by atoms with van der Waals surface area (Å²) in [6, 6.07) is 2.12. The van der Waals surface area contributed by atoms with Gasteiger partial charge in [-0.05, 0) is 39.2 Å². The van der Waals surface area contributed by atoms with E-state index in [0.717, 1.165) is 48.4 Å². The van der Waals surface area contributed by atoms with E-state index in [2.05, 4.69) is 27.9 Å². The Bertz CT molecular complexity index is 637. The van der Waals surface area contributed by atoms with E-state index < -0.39 is 5.60 Å². The summed E-state index contributed by atoms with van der Waals surface area (Å²) in [7, 11) is 0. The number of nitrogens with two attached hydrogens (primary N) is 1. The quantitative estimate of drug-likeness (QED) is 0.843. The lowest BCUT2D eigenvalue weighted by molar-refractivity contribution is 0.0481. The third-order valence-electron chi connectivity index (χ3n) is 3.88. The second-order valence-electron chi connectivity index (χ2n) is 5.82. The molecule has 2 aromatic rings. The minimum absolute atomic E-state index is 0.324. The average Bonchev–Trinajstić information content (AvgIpc) is 2.62. The van der Waals surface area contributed by atoms with Gasteiger partial charge >= 0.3 is 0 Å². The minimum Gasteiger partial charge on any atom is -0.390 e. The molecule has 0 bridgehead atoms. The van der Waals surface area contributed by atoms with Gasteiger partial charge in [0, 0.05) is 18.0 Å². The van der Waals surface area contributed by atoms with E-state index in [4.69, 9.17) is 5.73 Å². The van der Waals surface area contributed by atoms with Gasteiger partial charge in [0.05, 0.1) is 11.0 Å². The normalized spacial score (nSPS) is 24.1. The lowest BCUT2D eigenvalue weighted by Gasteiger charge is -2.24. The molecule has 108 valence electrons. The lowest BCUT2D eigenvalue weighted by Crippen LogP contribution is -2.29. The van der Waals surface area contributed by atoms with Crippen LogP contribution in [0.2, 0.25) is 0 Å². The standard InChI is InChI=1S/C14H20N4OS/c1-9-8-10-11(16-13(15)17-12(10)20-9)18-6-3-4-14(2,19)5-7-18/h8,19H,3-7H2,1-2H3,(H2,15,16,17). The molecule has 0 aromatic carbocycles. The third kappa shape index (κ3) is 2.58. The molecule has 3 rings (SSSR count). The Morgan fingerprint density at radius 2 is 2.15 bits per heavy atom. The lowest BCUT2D eigenvalue weighted by atomic mass is 9.98. The summed E-state index contributed by atoms with van der Waals surface area (Å²) in [4.78, 5) is 13.1. The number of aliphatic hydroxyl groups is 1. The number of nitrogens with zero attached hydrogens (tertiary/aromatic N) is 3. The van der Waals surface area contributed by atoms with Gasteiger partial charge < -0.3 is 15.7 Å². The number of nitrogen functional groups attached to an aromatic ring is 1. The highest BCUT2D eigenvalue weighted by molar-refractivity contribution is 7.18. The molecular formula is C14H20N4OS. The van der Waals surface area contributed by atoms with Gasteiger partial charge in [0.2, 0.25) is 5.95 Å². The van der Waals surface area contributed by atoms with Gasteiger partial charge in [0.1, 0.15) is 10.6 Å². The third-order valence-corrected chi connectivity index (χ3v) is 4.82. The molecule has 0 spiro atoms. The zero-order valence-electron chi connectivity index (χ0n) is 11.9. The molecule has 1 aliphatic rings. The molecule has 6 heteroatoms. The van der Waals surface area contributed by atoms with E-state index in [1.165, 1.54) is 4.88 Å². The van der Waals surface area contributed by atoms with Gasteiger partial charge in [-0.2, -0.15) is 4.98 Å². The first-order valence-electron chi connectivity index (χ1n) is 6.96. The molecule has 1 saturated heterocycles. The Morgan fingerprint density at radius 3 is 2.95 bits per heavy atom. The molecule has 1 unspecified atom stereocenters. The van der Waals surface area contributed by atoms with Crippen LogP contribution in [0.3, 0.4) is 0 Å². The number of thiophene rings is 1. The summed E-state index contributed by atoms with van der Waals surface area (Å²) in [5.41, 5.74) is 5.27. The van der Waals surface area contributed by atoms with Crippen molar-refractivity contribution in [3.05, 3.63) is 10.9 Å². The highest BCUT2D eigenvalue weighted by Gasteiger charge is 2.26. The summed E-state index contributed by atoms with van der Waals surface area (Å²) in [5, 5.41) is 11.3. The second-order valence-corrected chi connectivity index (χ2v) is 7.05. The first-order chi connectivity index (χ1) is 9.44. The molecule has 0 amide bonds. The number of anilines is 2. The van der Waals surface area contributed by atoms with E-state index in [9.17, 15) is 5.11 Å². The van der Waals surface area contributed by atoms with E-state index in [1.807, 2.05) is 6.92 Å². The molecule has 0 aliphatic carbocycles. The first kappa shape index (κ1) is 13.6. The van der Waals surface area contributed by atoms with Gasteiger partial charge in [0.25, 0.3) is 0 Å². The SMILES string of the molecule is Cc1cc2c(N3CCCC(C)(O)CC3)nc(N)nc2s1. The van der Waals surface area contributed by atoms with Crippen LogP contribution in [0.25, 0.3) is 10.2 Å². The molecule has 0 radical (unpaired) electrons. The monoisotopic (exact) mass is 292 g/mol. The van der Waals surface area contributed by atoms with Gasteiger partial charge in [-0.1, -0.05) is 0 Å². The van der Waals surface area contributed by atoms with Crippen molar-refractivity contribution in [1.82, 2.24) is 9.97 Å². The van der Waals surface area contributed by atoms with Gasteiger partial charge in [0.15, 0.2) is 0 Å². The van der Waals surface area contributed by atoms with E-state index in [0.29, 0.717) is 5.95 Å². The average molecular weight is 292 g/mol. The predicted octanol–water partition coefficient (Wildman–Crippen LogP) is 2.32. The molecule has 20 heavy (non-hydrogen) atoms. The molecule has 5 nitrogen and oxygen atoms in total. The van der Waals surface area contributed by atoms with Crippen molar-refractivity contribution in [3.8, 4) is 0 Å². The van der Waals surface area contributed by atoms with Crippen molar-refractivity contribution in [3.63, 3.8) is 0 Å². The topological polar surface area (TPSA) is 75.3 Å². The number of hydrogen-bond acceptors (Lipinski definition) is 6. The van der Waals surface area contributed by atoms with Crippen LogP contribution in [0, 0.1) is 6.92 Å².